The zero-order valence-electron chi connectivity index (χ0n) is 16.9. The van der Waals surface area contributed by atoms with E-state index in [2.05, 4.69) is 5.32 Å². The smallest absolute Gasteiger partial charge is 0.328 e. The molecule has 2 aromatic carbocycles. The van der Waals surface area contributed by atoms with Gasteiger partial charge in [-0.2, -0.15) is 0 Å². The molecule has 1 atom stereocenters. The monoisotopic (exact) mass is 413 g/mol. The minimum atomic E-state index is -1.05. The van der Waals surface area contributed by atoms with Gasteiger partial charge in [0.1, 0.15) is 6.04 Å². The van der Waals surface area contributed by atoms with Crippen molar-refractivity contribution in [3.63, 3.8) is 0 Å². The van der Waals surface area contributed by atoms with Crippen molar-refractivity contribution in [1.82, 2.24) is 5.32 Å². The molecule has 2 amide bonds. The van der Waals surface area contributed by atoms with Crippen LogP contribution in [0.2, 0.25) is 0 Å². The molecule has 2 aromatic rings. The number of esters is 1. The Morgan fingerprint density at radius 3 is 2.33 bits per heavy atom. The SMILES string of the molecule is CC(C)N(C(=O)COC(=O)[C@H](C)NC(=O)c1cccc([N+](=O)[O-])c1)c1ccccc1. The summed E-state index contributed by atoms with van der Waals surface area (Å²) in [5.41, 5.74) is 0.480. The van der Waals surface area contributed by atoms with Crippen molar-refractivity contribution in [2.24, 2.45) is 0 Å². The van der Waals surface area contributed by atoms with Crippen LogP contribution in [-0.2, 0) is 14.3 Å². The van der Waals surface area contributed by atoms with Gasteiger partial charge in [0.15, 0.2) is 6.61 Å². The van der Waals surface area contributed by atoms with Gasteiger partial charge >= 0.3 is 5.97 Å². The van der Waals surface area contributed by atoms with E-state index >= 15 is 0 Å². The van der Waals surface area contributed by atoms with Gasteiger partial charge in [-0.05, 0) is 39.0 Å². The van der Waals surface area contributed by atoms with Crippen LogP contribution in [-0.4, -0.2) is 41.4 Å². The Labute approximate surface area is 173 Å². The molecule has 0 saturated heterocycles. The molecule has 0 unspecified atom stereocenters. The molecule has 9 nitrogen and oxygen atoms in total. The highest BCUT2D eigenvalue weighted by Crippen LogP contribution is 2.17. The molecule has 2 rings (SSSR count). The molecule has 0 aliphatic carbocycles. The van der Waals surface area contributed by atoms with Crippen molar-refractivity contribution in [2.75, 3.05) is 11.5 Å². The molecule has 0 aromatic heterocycles. The first kappa shape index (κ1) is 22.5. The summed E-state index contributed by atoms with van der Waals surface area (Å²) in [5.74, 6) is -1.86. The number of hydrogen-bond donors (Lipinski definition) is 1. The lowest BCUT2D eigenvalue weighted by molar-refractivity contribution is -0.384. The highest BCUT2D eigenvalue weighted by molar-refractivity contribution is 5.98. The predicted octanol–water partition coefficient (Wildman–Crippen LogP) is 2.70. The second kappa shape index (κ2) is 10.1. The molecule has 0 bridgehead atoms. The third-order valence-electron chi connectivity index (χ3n) is 4.18. The summed E-state index contributed by atoms with van der Waals surface area (Å²) < 4.78 is 5.06. The Morgan fingerprint density at radius 1 is 1.07 bits per heavy atom. The van der Waals surface area contributed by atoms with Crippen molar-refractivity contribution in [3.8, 4) is 0 Å². The van der Waals surface area contributed by atoms with Crippen molar-refractivity contribution in [2.45, 2.75) is 32.9 Å². The normalized spacial score (nSPS) is 11.5. The molecule has 9 heteroatoms. The quantitative estimate of drug-likeness (QED) is 0.404. The fourth-order valence-electron chi connectivity index (χ4n) is 2.75. The molecule has 0 saturated carbocycles. The fraction of sp³-hybridized carbons (Fsp3) is 0.286. The zero-order chi connectivity index (χ0) is 22.3. The molecule has 0 aliphatic rings. The van der Waals surface area contributed by atoms with E-state index in [0.29, 0.717) is 5.69 Å². The number of carbonyl (C=O) groups is 3. The predicted molar refractivity (Wildman–Crippen MR) is 110 cm³/mol. The van der Waals surface area contributed by atoms with Crippen LogP contribution in [0.4, 0.5) is 11.4 Å². The minimum Gasteiger partial charge on any atom is -0.454 e. The summed E-state index contributed by atoms with van der Waals surface area (Å²) in [7, 11) is 0. The lowest BCUT2D eigenvalue weighted by Crippen LogP contribution is -2.43. The van der Waals surface area contributed by atoms with E-state index in [9.17, 15) is 24.5 Å². The maximum Gasteiger partial charge on any atom is 0.328 e. The molecule has 0 aliphatic heterocycles. The van der Waals surface area contributed by atoms with Crippen LogP contribution in [0.15, 0.2) is 54.6 Å². The molecular weight excluding hydrogens is 390 g/mol. The first-order chi connectivity index (χ1) is 14.2. The van der Waals surface area contributed by atoms with Crippen LogP contribution in [0.3, 0.4) is 0 Å². The van der Waals surface area contributed by atoms with Gasteiger partial charge in [0.25, 0.3) is 17.5 Å². The number of hydrogen-bond acceptors (Lipinski definition) is 6. The van der Waals surface area contributed by atoms with Crippen molar-refractivity contribution < 1.29 is 24.0 Å². The molecule has 0 fully saturated rings. The molecule has 158 valence electrons. The Balaban J connectivity index is 1.95. The largest absolute Gasteiger partial charge is 0.454 e. The van der Waals surface area contributed by atoms with Crippen molar-refractivity contribution >= 4 is 29.2 Å². The number of para-hydroxylation sites is 1. The van der Waals surface area contributed by atoms with Gasteiger partial charge in [-0.1, -0.05) is 24.3 Å². The number of nitrogens with zero attached hydrogens (tertiary/aromatic N) is 2. The third kappa shape index (κ3) is 5.87. The van der Waals surface area contributed by atoms with Gasteiger partial charge in [0.2, 0.25) is 0 Å². The van der Waals surface area contributed by atoms with E-state index in [0.717, 1.165) is 6.07 Å². The van der Waals surface area contributed by atoms with Gasteiger partial charge in [0.05, 0.1) is 4.92 Å². The summed E-state index contributed by atoms with van der Waals surface area (Å²) in [5, 5.41) is 13.2. The summed E-state index contributed by atoms with van der Waals surface area (Å²) in [6.45, 7) is 4.60. The first-order valence-electron chi connectivity index (χ1n) is 9.29. The number of nitrogens with one attached hydrogen (secondary N) is 1. The zero-order valence-corrected chi connectivity index (χ0v) is 16.9. The first-order valence-corrected chi connectivity index (χ1v) is 9.29. The standard InChI is InChI=1S/C21H23N3O6/c1-14(2)23(17-9-5-4-6-10-17)19(25)13-30-21(27)15(3)22-20(26)16-8-7-11-18(12-16)24(28)29/h4-12,14-15H,13H2,1-3H3,(H,22,26)/t15-/m0/s1. The number of carbonyl (C=O) groups excluding carboxylic acids is 3. The van der Waals surface area contributed by atoms with Gasteiger partial charge in [-0.15, -0.1) is 0 Å². The highest BCUT2D eigenvalue weighted by atomic mass is 16.6. The molecule has 0 spiro atoms. The summed E-state index contributed by atoms with van der Waals surface area (Å²) >= 11 is 0. The summed E-state index contributed by atoms with van der Waals surface area (Å²) in [4.78, 5) is 48.7. The van der Waals surface area contributed by atoms with Crippen LogP contribution in [0.5, 0.6) is 0 Å². The number of benzene rings is 2. The number of ether oxygens (including phenoxy) is 1. The molecule has 0 heterocycles. The van der Waals surface area contributed by atoms with E-state index in [-0.39, 0.29) is 17.3 Å². The Kier molecular flexibility index (Phi) is 7.62. The van der Waals surface area contributed by atoms with Crippen molar-refractivity contribution in [1.29, 1.82) is 0 Å². The number of amides is 2. The minimum absolute atomic E-state index is 0.0370. The van der Waals surface area contributed by atoms with Crippen LogP contribution in [0.25, 0.3) is 0 Å². The fourth-order valence-corrected chi connectivity index (χ4v) is 2.75. The number of rotatable bonds is 8. The number of non-ortho nitro benzene ring substituents is 1. The van der Waals surface area contributed by atoms with Gasteiger partial charge < -0.3 is 15.0 Å². The van der Waals surface area contributed by atoms with E-state index < -0.39 is 35.4 Å². The molecule has 1 N–H and O–H groups in total. The lowest BCUT2D eigenvalue weighted by atomic mass is 10.2. The summed E-state index contributed by atoms with van der Waals surface area (Å²) in [6.07, 6.45) is 0. The van der Waals surface area contributed by atoms with Crippen LogP contribution in [0.1, 0.15) is 31.1 Å². The average molecular weight is 413 g/mol. The topological polar surface area (TPSA) is 119 Å². The molecular formula is C21H23N3O6. The van der Waals surface area contributed by atoms with Gasteiger partial charge in [0, 0.05) is 29.4 Å². The second-order valence-electron chi connectivity index (χ2n) is 6.80. The van der Waals surface area contributed by atoms with Gasteiger partial charge in [-0.25, -0.2) is 4.79 Å². The number of nitro groups is 1. The Morgan fingerprint density at radius 2 is 1.73 bits per heavy atom. The number of nitro benzene ring substituents is 1. The van der Waals surface area contributed by atoms with E-state index in [1.165, 1.54) is 30.0 Å². The maximum atomic E-state index is 12.6. The highest BCUT2D eigenvalue weighted by Gasteiger charge is 2.23. The van der Waals surface area contributed by atoms with E-state index in [4.69, 9.17) is 4.74 Å². The molecule has 0 radical (unpaired) electrons. The third-order valence-corrected chi connectivity index (χ3v) is 4.18. The van der Waals surface area contributed by atoms with E-state index in [1.54, 1.807) is 24.3 Å². The lowest BCUT2D eigenvalue weighted by Gasteiger charge is -2.27. The Bertz CT molecular complexity index is 929. The average Bonchev–Trinajstić information content (AvgIpc) is 2.72. The van der Waals surface area contributed by atoms with Gasteiger partial charge in [-0.3, -0.25) is 19.7 Å². The van der Waals surface area contributed by atoms with E-state index in [1.807, 2.05) is 19.9 Å². The molecule has 30 heavy (non-hydrogen) atoms. The maximum absolute atomic E-state index is 12.6. The Hall–Kier alpha value is -3.75. The summed E-state index contributed by atoms with van der Waals surface area (Å²) in [6, 6.07) is 12.9. The second-order valence-corrected chi connectivity index (χ2v) is 6.80. The number of anilines is 1. The van der Waals surface area contributed by atoms with Crippen LogP contribution in [0, 0.1) is 10.1 Å². The van der Waals surface area contributed by atoms with Crippen LogP contribution < -0.4 is 10.2 Å². The van der Waals surface area contributed by atoms with Crippen molar-refractivity contribution in [3.05, 3.63) is 70.3 Å². The van der Waals surface area contributed by atoms with Crippen LogP contribution >= 0.6 is 0 Å².